The quantitative estimate of drug-likeness (QED) is 0.627. The van der Waals surface area contributed by atoms with Gasteiger partial charge in [0.2, 0.25) is 5.91 Å². The lowest BCUT2D eigenvalue weighted by molar-refractivity contribution is -0.120. The molecule has 14 heavy (non-hydrogen) atoms. The van der Waals surface area contributed by atoms with Gasteiger partial charge >= 0.3 is 0 Å². The molecule has 2 N–H and O–H groups in total. The predicted molar refractivity (Wildman–Crippen MR) is 55.1 cm³/mol. The van der Waals surface area contributed by atoms with Crippen LogP contribution in [0.5, 0.6) is 0 Å². The van der Waals surface area contributed by atoms with E-state index in [0.29, 0.717) is 12.5 Å². The van der Waals surface area contributed by atoms with Crippen molar-refractivity contribution < 1.29 is 9.53 Å². The third kappa shape index (κ3) is 4.58. The molecule has 1 aliphatic heterocycles. The summed E-state index contributed by atoms with van der Waals surface area (Å²) < 4.78 is 5.26. The van der Waals surface area contributed by atoms with Gasteiger partial charge in [-0.3, -0.25) is 4.79 Å². The van der Waals surface area contributed by atoms with Crippen molar-refractivity contribution in [1.82, 2.24) is 10.6 Å². The van der Waals surface area contributed by atoms with Crippen LogP contribution in [-0.4, -0.2) is 38.8 Å². The highest BCUT2D eigenvalue weighted by Crippen LogP contribution is 2.05. The van der Waals surface area contributed by atoms with Crippen molar-refractivity contribution in [3.8, 4) is 0 Å². The van der Waals surface area contributed by atoms with E-state index in [1.165, 1.54) is 0 Å². The maximum atomic E-state index is 10.9. The Balaban J connectivity index is 1.94. The second-order valence-corrected chi connectivity index (χ2v) is 3.62. The molecule has 0 aromatic carbocycles. The lowest BCUT2D eigenvalue weighted by Crippen LogP contribution is -2.35. The zero-order chi connectivity index (χ0) is 10.2. The van der Waals surface area contributed by atoms with Crippen LogP contribution in [0.2, 0.25) is 0 Å². The van der Waals surface area contributed by atoms with Crippen LogP contribution >= 0.6 is 0 Å². The topological polar surface area (TPSA) is 50.4 Å². The second kappa shape index (κ2) is 6.79. The molecule has 0 radical (unpaired) electrons. The molecule has 0 saturated carbocycles. The zero-order valence-corrected chi connectivity index (χ0v) is 8.84. The highest BCUT2D eigenvalue weighted by molar-refractivity contribution is 5.75. The Kier molecular flexibility index (Phi) is 5.56. The number of ether oxygens (including phenoxy) is 1. The minimum Gasteiger partial charge on any atom is -0.381 e. The summed E-state index contributed by atoms with van der Waals surface area (Å²) >= 11 is 0. The molecule has 1 saturated heterocycles. The molecule has 0 bridgehead atoms. The Labute approximate surface area is 85.4 Å². The number of carbonyl (C=O) groups is 1. The molecule has 0 aromatic rings. The molecule has 0 aliphatic carbocycles. The van der Waals surface area contributed by atoms with Crippen LogP contribution in [-0.2, 0) is 9.53 Å². The zero-order valence-electron chi connectivity index (χ0n) is 8.84. The largest absolute Gasteiger partial charge is 0.381 e. The summed E-state index contributed by atoms with van der Waals surface area (Å²) in [5, 5.41) is 6.06. The molecule has 1 amide bonds. The summed E-state index contributed by atoms with van der Waals surface area (Å²) in [5.41, 5.74) is 0. The van der Waals surface area contributed by atoms with Crippen molar-refractivity contribution in [2.45, 2.75) is 31.7 Å². The fourth-order valence-corrected chi connectivity index (χ4v) is 1.58. The summed E-state index contributed by atoms with van der Waals surface area (Å²) in [6, 6.07) is 0.591. The smallest absolute Gasteiger partial charge is 0.219 e. The van der Waals surface area contributed by atoms with E-state index in [1.807, 2.05) is 0 Å². The molecule has 0 aromatic heterocycles. The van der Waals surface area contributed by atoms with Crippen molar-refractivity contribution >= 4 is 5.91 Å². The Morgan fingerprint density at radius 3 is 2.79 bits per heavy atom. The van der Waals surface area contributed by atoms with Gasteiger partial charge in [0, 0.05) is 32.7 Å². The number of hydrogen-bond acceptors (Lipinski definition) is 3. The van der Waals surface area contributed by atoms with Gasteiger partial charge in [-0.2, -0.15) is 0 Å². The summed E-state index contributed by atoms with van der Waals surface area (Å²) in [6.45, 7) is 2.66. The van der Waals surface area contributed by atoms with Gasteiger partial charge in [-0.05, 0) is 25.8 Å². The SMILES string of the molecule is CNC(=O)CCCNC1CCOCC1. The first-order chi connectivity index (χ1) is 6.83. The number of hydrogen-bond donors (Lipinski definition) is 2. The van der Waals surface area contributed by atoms with Crippen molar-refractivity contribution in [1.29, 1.82) is 0 Å². The van der Waals surface area contributed by atoms with Crippen LogP contribution in [0, 0.1) is 0 Å². The van der Waals surface area contributed by atoms with Gasteiger partial charge in [-0.15, -0.1) is 0 Å². The highest BCUT2D eigenvalue weighted by Gasteiger charge is 2.12. The van der Waals surface area contributed by atoms with E-state index in [1.54, 1.807) is 7.05 Å². The molecule has 1 heterocycles. The fourth-order valence-electron chi connectivity index (χ4n) is 1.58. The van der Waals surface area contributed by atoms with Gasteiger partial charge in [0.15, 0.2) is 0 Å². The molecule has 0 spiro atoms. The number of amides is 1. The summed E-state index contributed by atoms with van der Waals surface area (Å²) in [6.07, 6.45) is 3.73. The average molecular weight is 200 g/mol. The van der Waals surface area contributed by atoms with Crippen molar-refractivity contribution in [2.24, 2.45) is 0 Å². The molecule has 1 aliphatic rings. The first kappa shape index (κ1) is 11.5. The molecule has 0 atom stereocenters. The molecule has 1 fully saturated rings. The Morgan fingerprint density at radius 1 is 1.43 bits per heavy atom. The maximum Gasteiger partial charge on any atom is 0.219 e. The van der Waals surface area contributed by atoms with Crippen LogP contribution in [0.15, 0.2) is 0 Å². The molecule has 0 unspecified atom stereocenters. The van der Waals surface area contributed by atoms with Crippen LogP contribution in [0.25, 0.3) is 0 Å². The Hall–Kier alpha value is -0.610. The lowest BCUT2D eigenvalue weighted by Gasteiger charge is -2.23. The monoisotopic (exact) mass is 200 g/mol. The average Bonchev–Trinajstić information content (AvgIpc) is 2.25. The third-order valence-electron chi connectivity index (χ3n) is 2.51. The number of rotatable bonds is 5. The van der Waals surface area contributed by atoms with Gasteiger partial charge in [-0.1, -0.05) is 0 Å². The van der Waals surface area contributed by atoms with E-state index in [9.17, 15) is 4.79 Å². The predicted octanol–water partition coefficient (Wildman–Crippen LogP) is 0.281. The Bertz CT molecular complexity index is 168. The Morgan fingerprint density at radius 2 is 2.14 bits per heavy atom. The molecule has 1 rings (SSSR count). The van der Waals surface area contributed by atoms with Crippen LogP contribution in [0.3, 0.4) is 0 Å². The first-order valence-corrected chi connectivity index (χ1v) is 5.34. The van der Waals surface area contributed by atoms with Crippen molar-refractivity contribution in [2.75, 3.05) is 26.8 Å². The standard InChI is InChI=1S/C10H20N2O2/c1-11-10(13)3-2-6-12-9-4-7-14-8-5-9/h9,12H,2-8H2,1H3,(H,11,13). The summed E-state index contributed by atoms with van der Waals surface area (Å²) in [5.74, 6) is 0.124. The second-order valence-electron chi connectivity index (χ2n) is 3.62. The summed E-state index contributed by atoms with van der Waals surface area (Å²) in [7, 11) is 1.67. The van der Waals surface area contributed by atoms with Crippen LogP contribution in [0.1, 0.15) is 25.7 Å². The van der Waals surface area contributed by atoms with Gasteiger partial charge in [0.25, 0.3) is 0 Å². The normalized spacial score (nSPS) is 18.1. The fraction of sp³-hybridized carbons (Fsp3) is 0.900. The molecular formula is C10H20N2O2. The van der Waals surface area contributed by atoms with E-state index in [4.69, 9.17) is 4.74 Å². The van der Waals surface area contributed by atoms with E-state index in [-0.39, 0.29) is 5.91 Å². The molecule has 82 valence electrons. The number of carbonyl (C=O) groups excluding carboxylic acids is 1. The minimum absolute atomic E-state index is 0.124. The van der Waals surface area contributed by atoms with E-state index in [0.717, 1.165) is 39.0 Å². The van der Waals surface area contributed by atoms with Gasteiger partial charge in [0.1, 0.15) is 0 Å². The highest BCUT2D eigenvalue weighted by atomic mass is 16.5. The van der Waals surface area contributed by atoms with E-state index >= 15 is 0 Å². The van der Waals surface area contributed by atoms with E-state index < -0.39 is 0 Å². The third-order valence-corrected chi connectivity index (χ3v) is 2.51. The maximum absolute atomic E-state index is 10.9. The molecule has 4 nitrogen and oxygen atoms in total. The molecule has 4 heteroatoms. The van der Waals surface area contributed by atoms with Crippen LogP contribution in [0.4, 0.5) is 0 Å². The minimum atomic E-state index is 0.124. The van der Waals surface area contributed by atoms with Gasteiger partial charge < -0.3 is 15.4 Å². The summed E-state index contributed by atoms with van der Waals surface area (Å²) in [4.78, 5) is 10.9. The van der Waals surface area contributed by atoms with E-state index in [2.05, 4.69) is 10.6 Å². The van der Waals surface area contributed by atoms with Crippen LogP contribution < -0.4 is 10.6 Å². The van der Waals surface area contributed by atoms with Crippen molar-refractivity contribution in [3.05, 3.63) is 0 Å². The number of nitrogens with one attached hydrogen (secondary N) is 2. The van der Waals surface area contributed by atoms with Gasteiger partial charge in [-0.25, -0.2) is 0 Å². The lowest BCUT2D eigenvalue weighted by atomic mass is 10.1. The first-order valence-electron chi connectivity index (χ1n) is 5.34. The van der Waals surface area contributed by atoms with Gasteiger partial charge in [0.05, 0.1) is 0 Å². The van der Waals surface area contributed by atoms with Crippen molar-refractivity contribution in [3.63, 3.8) is 0 Å². The molecular weight excluding hydrogens is 180 g/mol.